The summed E-state index contributed by atoms with van der Waals surface area (Å²) in [5, 5.41) is 17.4. The summed E-state index contributed by atoms with van der Waals surface area (Å²) in [6.45, 7) is 1.87. The topological polar surface area (TPSA) is 177 Å². The molecule has 0 aliphatic carbocycles. The Morgan fingerprint density at radius 3 is 2.50 bits per heavy atom. The van der Waals surface area contributed by atoms with Crippen LogP contribution in [0.3, 0.4) is 0 Å². The highest BCUT2D eigenvalue weighted by Crippen LogP contribution is 2.27. The van der Waals surface area contributed by atoms with Crippen LogP contribution in [0.15, 0.2) is 54.7 Å². The fraction of sp³-hybridized carbons (Fsp3) is 0.346. The summed E-state index contributed by atoms with van der Waals surface area (Å²) >= 11 is 4.34. The Morgan fingerprint density at radius 2 is 1.83 bits per heavy atom. The second-order valence-corrected chi connectivity index (χ2v) is 8.09. The largest absolute Gasteiger partial charge is 0.489 e. The van der Waals surface area contributed by atoms with Crippen molar-refractivity contribution in [3.05, 3.63) is 77.2 Å². The van der Waals surface area contributed by atoms with E-state index in [0.717, 1.165) is 35.5 Å². The Balaban J connectivity index is 0.00000101. The van der Waals surface area contributed by atoms with Gasteiger partial charge in [0.1, 0.15) is 23.7 Å². The highest BCUT2D eigenvalue weighted by molar-refractivity contribution is 7.79. The normalized spacial score (nSPS) is 12.7. The molecule has 0 unspecified atom stereocenters. The zero-order chi connectivity index (χ0) is 24.2. The standard InChI is InChI=1S/C24H23N3O2S.C2H7NO.2H2O/c25-15-20-14-19(4-5-23(20)29-21-7-10-28-11-8-21)22-6-9-26-24(27-22)13-17-2-1-3-18(12-17)16-30;3-1-2-4;;/h1-6,9,12,14,21,30H,7-8,10-11,13,16H2;4H,1-3H2;2*1H2. The number of aliphatic hydroxyl groups excluding tert-OH is 1. The lowest BCUT2D eigenvalue weighted by atomic mass is 10.1. The zero-order valence-electron chi connectivity index (χ0n) is 20.1. The van der Waals surface area contributed by atoms with E-state index >= 15 is 0 Å². The molecule has 0 radical (unpaired) electrons. The monoisotopic (exact) mass is 514 g/mol. The van der Waals surface area contributed by atoms with Gasteiger partial charge in [0.25, 0.3) is 0 Å². The molecule has 0 amide bonds. The van der Waals surface area contributed by atoms with E-state index in [0.29, 0.717) is 43.2 Å². The summed E-state index contributed by atoms with van der Waals surface area (Å²) in [7, 11) is 0. The molecule has 0 spiro atoms. The van der Waals surface area contributed by atoms with Gasteiger partial charge in [-0.1, -0.05) is 24.3 Å². The third-order valence-corrected chi connectivity index (χ3v) is 5.59. The molecule has 1 aliphatic heterocycles. The maximum absolute atomic E-state index is 9.62. The van der Waals surface area contributed by atoms with E-state index in [9.17, 15) is 5.26 Å². The first-order valence-electron chi connectivity index (χ1n) is 11.3. The van der Waals surface area contributed by atoms with Crippen LogP contribution >= 0.6 is 12.6 Å². The van der Waals surface area contributed by atoms with Gasteiger partial charge in [-0.2, -0.15) is 17.9 Å². The van der Waals surface area contributed by atoms with Crippen LogP contribution in [0.1, 0.15) is 35.4 Å². The predicted molar refractivity (Wildman–Crippen MR) is 142 cm³/mol. The molecule has 7 N–H and O–H groups in total. The van der Waals surface area contributed by atoms with Gasteiger partial charge in [0.05, 0.1) is 31.1 Å². The average Bonchev–Trinajstić information content (AvgIpc) is 2.90. The summed E-state index contributed by atoms with van der Waals surface area (Å²) in [6, 6.07) is 18.0. The molecule has 194 valence electrons. The number of aromatic nitrogens is 2. The first-order chi connectivity index (χ1) is 16.7. The summed E-state index contributed by atoms with van der Waals surface area (Å²) < 4.78 is 11.4. The lowest BCUT2D eigenvalue weighted by Gasteiger charge is -2.23. The number of ether oxygens (including phenoxy) is 2. The summed E-state index contributed by atoms with van der Waals surface area (Å²) in [5.74, 6) is 2.06. The molecule has 2 heterocycles. The van der Waals surface area contributed by atoms with E-state index in [1.165, 1.54) is 5.56 Å². The Bertz CT molecular complexity index is 1100. The first kappa shape index (κ1) is 31.0. The smallest absolute Gasteiger partial charge is 0.137 e. The van der Waals surface area contributed by atoms with Gasteiger partial charge in [0.15, 0.2) is 0 Å². The number of aliphatic hydroxyl groups is 1. The number of thiol groups is 1. The maximum Gasteiger partial charge on any atom is 0.137 e. The van der Waals surface area contributed by atoms with Crippen molar-refractivity contribution in [1.82, 2.24) is 9.97 Å². The van der Waals surface area contributed by atoms with Gasteiger partial charge < -0.3 is 31.3 Å². The third-order valence-electron chi connectivity index (χ3n) is 5.23. The number of nitrogens with zero attached hydrogens (tertiary/aromatic N) is 3. The lowest BCUT2D eigenvalue weighted by molar-refractivity contribution is 0.0254. The molecule has 0 bridgehead atoms. The molecule has 1 aromatic heterocycles. The van der Waals surface area contributed by atoms with E-state index in [1.807, 2.05) is 30.3 Å². The molecular weight excluding hydrogens is 480 g/mol. The van der Waals surface area contributed by atoms with Crippen molar-refractivity contribution in [2.75, 3.05) is 26.4 Å². The molecule has 2 aromatic carbocycles. The number of hydrogen-bond acceptors (Lipinski definition) is 8. The van der Waals surface area contributed by atoms with E-state index in [-0.39, 0.29) is 23.7 Å². The van der Waals surface area contributed by atoms with Gasteiger partial charge in [-0.3, -0.25) is 0 Å². The van der Waals surface area contributed by atoms with Crippen molar-refractivity contribution < 1.29 is 25.5 Å². The number of benzene rings is 2. The number of rotatable bonds is 7. The Kier molecular flexibility index (Phi) is 14.3. The van der Waals surface area contributed by atoms with E-state index in [1.54, 1.807) is 6.20 Å². The van der Waals surface area contributed by atoms with Crippen molar-refractivity contribution in [2.45, 2.75) is 31.1 Å². The van der Waals surface area contributed by atoms with Gasteiger partial charge in [-0.05, 0) is 35.4 Å². The van der Waals surface area contributed by atoms with Crippen molar-refractivity contribution in [3.63, 3.8) is 0 Å². The second kappa shape index (κ2) is 16.6. The van der Waals surface area contributed by atoms with Gasteiger partial charge in [-0.15, -0.1) is 0 Å². The lowest BCUT2D eigenvalue weighted by Crippen LogP contribution is -2.26. The van der Waals surface area contributed by atoms with Crippen LogP contribution in [0.25, 0.3) is 11.3 Å². The van der Waals surface area contributed by atoms with Crippen LogP contribution in [0, 0.1) is 11.3 Å². The Morgan fingerprint density at radius 1 is 1.11 bits per heavy atom. The van der Waals surface area contributed by atoms with Gasteiger partial charge in [-0.25, -0.2) is 9.97 Å². The second-order valence-electron chi connectivity index (χ2n) is 7.78. The van der Waals surface area contributed by atoms with Crippen molar-refractivity contribution in [2.24, 2.45) is 5.73 Å². The minimum absolute atomic E-state index is 0. The van der Waals surface area contributed by atoms with Crippen LogP contribution in [-0.4, -0.2) is 58.5 Å². The van der Waals surface area contributed by atoms with Gasteiger partial charge >= 0.3 is 0 Å². The van der Waals surface area contributed by atoms with Crippen molar-refractivity contribution in [3.8, 4) is 23.1 Å². The van der Waals surface area contributed by atoms with Gasteiger partial charge in [0, 0.05) is 43.3 Å². The summed E-state index contributed by atoms with van der Waals surface area (Å²) in [5.41, 5.74) is 9.28. The quantitative estimate of drug-likeness (QED) is 0.403. The Labute approximate surface area is 217 Å². The SMILES string of the molecule is N#Cc1cc(-c2ccnc(Cc3cccc(CS)c3)n2)ccc1OC1CCOCC1.NCCO.O.O. The predicted octanol–water partition coefficient (Wildman–Crippen LogP) is 1.88. The maximum atomic E-state index is 9.62. The minimum atomic E-state index is 0. The van der Waals surface area contributed by atoms with Crippen LogP contribution in [0.4, 0.5) is 0 Å². The molecule has 1 fully saturated rings. The molecule has 36 heavy (non-hydrogen) atoms. The molecule has 0 saturated carbocycles. The highest BCUT2D eigenvalue weighted by Gasteiger charge is 2.17. The molecule has 3 aromatic rings. The van der Waals surface area contributed by atoms with E-state index in [4.69, 9.17) is 25.3 Å². The van der Waals surface area contributed by atoms with Crippen LogP contribution in [0.5, 0.6) is 5.75 Å². The van der Waals surface area contributed by atoms with E-state index in [2.05, 4.69) is 41.9 Å². The van der Waals surface area contributed by atoms with Crippen LogP contribution in [0.2, 0.25) is 0 Å². The summed E-state index contributed by atoms with van der Waals surface area (Å²) in [6.07, 6.45) is 4.19. The third kappa shape index (κ3) is 9.20. The molecule has 0 atom stereocenters. The Hall–Kier alpha value is -3.04. The highest BCUT2D eigenvalue weighted by atomic mass is 32.1. The van der Waals surface area contributed by atoms with Crippen LogP contribution in [-0.2, 0) is 16.9 Å². The zero-order valence-corrected chi connectivity index (χ0v) is 21.0. The number of nitriles is 1. The van der Waals surface area contributed by atoms with Gasteiger partial charge in [0.2, 0.25) is 0 Å². The van der Waals surface area contributed by atoms with Crippen molar-refractivity contribution in [1.29, 1.82) is 5.26 Å². The molecule has 4 rings (SSSR count). The molecule has 10 heteroatoms. The molecular formula is C26H34N4O5S. The number of hydrogen-bond donors (Lipinski definition) is 3. The fourth-order valence-electron chi connectivity index (χ4n) is 3.52. The fourth-order valence-corrected chi connectivity index (χ4v) is 3.72. The molecule has 1 saturated heterocycles. The summed E-state index contributed by atoms with van der Waals surface area (Å²) in [4.78, 5) is 9.14. The average molecular weight is 515 g/mol. The van der Waals surface area contributed by atoms with E-state index < -0.39 is 0 Å². The molecule has 1 aliphatic rings. The molecule has 9 nitrogen and oxygen atoms in total. The minimum Gasteiger partial charge on any atom is -0.489 e. The van der Waals surface area contributed by atoms with Crippen molar-refractivity contribution >= 4 is 12.6 Å². The number of nitrogens with two attached hydrogens (primary N) is 1. The first-order valence-corrected chi connectivity index (χ1v) is 11.9. The van der Waals surface area contributed by atoms with Crippen LogP contribution < -0.4 is 10.5 Å².